The van der Waals surface area contributed by atoms with Gasteiger partial charge in [0.2, 0.25) is 5.75 Å². The van der Waals surface area contributed by atoms with Crippen LogP contribution in [0.4, 0.5) is 4.39 Å². The second-order valence-corrected chi connectivity index (χ2v) is 4.50. The van der Waals surface area contributed by atoms with Gasteiger partial charge in [0.25, 0.3) is 0 Å². The van der Waals surface area contributed by atoms with Crippen molar-refractivity contribution in [3.05, 3.63) is 47.3 Å². The van der Waals surface area contributed by atoms with Gasteiger partial charge in [0, 0.05) is 0 Å². The summed E-state index contributed by atoms with van der Waals surface area (Å²) < 4.78 is 28.8. The first kappa shape index (κ1) is 15.7. The maximum Gasteiger partial charge on any atom is 0.203 e. The van der Waals surface area contributed by atoms with E-state index in [1.165, 1.54) is 19.2 Å². The van der Waals surface area contributed by atoms with Crippen LogP contribution in [0.3, 0.4) is 0 Å². The summed E-state index contributed by atoms with van der Waals surface area (Å²) in [5, 5.41) is 9.36. The summed E-state index contributed by atoms with van der Waals surface area (Å²) >= 11 is 0. The summed E-state index contributed by atoms with van der Waals surface area (Å²) in [5.41, 5.74) is 1.49. The quantitative estimate of drug-likeness (QED) is 0.855. The van der Waals surface area contributed by atoms with Crippen molar-refractivity contribution >= 4 is 12.2 Å². The van der Waals surface area contributed by atoms with Crippen molar-refractivity contribution in [1.29, 1.82) is 0 Å². The highest BCUT2D eigenvalue weighted by molar-refractivity contribution is 5.73. The molecule has 5 heteroatoms. The number of aromatic hydroxyl groups is 1. The van der Waals surface area contributed by atoms with Crippen LogP contribution < -0.4 is 14.2 Å². The predicted octanol–water partition coefficient (Wildman–Crippen LogP) is 3.73. The third-order valence-electron chi connectivity index (χ3n) is 3.13. The minimum Gasteiger partial charge on any atom is -0.505 e. The second kappa shape index (κ2) is 6.85. The molecule has 0 atom stereocenters. The van der Waals surface area contributed by atoms with E-state index in [0.29, 0.717) is 22.8 Å². The van der Waals surface area contributed by atoms with E-state index in [9.17, 15) is 9.50 Å². The smallest absolute Gasteiger partial charge is 0.203 e. The highest BCUT2D eigenvalue weighted by atomic mass is 19.1. The summed E-state index contributed by atoms with van der Waals surface area (Å²) in [6.07, 6.45) is 3.55. The fraction of sp³-hybridized carbons (Fsp3) is 0.176. The molecule has 0 amide bonds. The lowest BCUT2D eigenvalue weighted by molar-refractivity contribution is 0.324. The molecule has 1 N–H and O–H groups in total. The normalized spacial score (nSPS) is 10.7. The molecule has 0 heterocycles. The number of halogens is 1. The Bertz CT molecular complexity index is 670. The molecule has 0 aliphatic heterocycles. The zero-order valence-corrected chi connectivity index (χ0v) is 12.6. The molecule has 0 aliphatic rings. The molecule has 0 radical (unpaired) electrons. The van der Waals surface area contributed by atoms with Gasteiger partial charge in [-0.15, -0.1) is 0 Å². The summed E-state index contributed by atoms with van der Waals surface area (Å²) in [4.78, 5) is 0. The molecule has 0 fully saturated rings. The fourth-order valence-corrected chi connectivity index (χ4v) is 2.02. The number of benzene rings is 2. The number of hydrogen-bond acceptors (Lipinski definition) is 4. The highest BCUT2D eigenvalue weighted by Gasteiger charge is 2.11. The maximum atomic E-state index is 13.0. The van der Waals surface area contributed by atoms with E-state index in [-0.39, 0.29) is 5.75 Å². The Morgan fingerprint density at radius 3 is 1.95 bits per heavy atom. The van der Waals surface area contributed by atoms with Crippen molar-refractivity contribution < 1.29 is 23.7 Å². The standard InChI is InChI=1S/C17H17FO4/c1-20-15-9-12(10-16(21-2)17(15)22-3)5-4-11-6-7-13(18)14(19)8-11/h4-10,19H,1-3H3/b5-4-. The second-order valence-electron chi connectivity index (χ2n) is 4.50. The van der Waals surface area contributed by atoms with Gasteiger partial charge < -0.3 is 19.3 Å². The molecular weight excluding hydrogens is 287 g/mol. The molecular formula is C17H17FO4. The van der Waals surface area contributed by atoms with Crippen molar-refractivity contribution in [3.63, 3.8) is 0 Å². The van der Waals surface area contributed by atoms with Crippen molar-refractivity contribution in [1.82, 2.24) is 0 Å². The SMILES string of the molecule is COc1cc(/C=C\c2ccc(F)c(O)c2)cc(OC)c1OC. The van der Waals surface area contributed by atoms with E-state index in [1.807, 2.05) is 0 Å². The molecule has 4 nitrogen and oxygen atoms in total. The molecule has 0 spiro atoms. The number of phenols is 1. The number of ether oxygens (including phenoxy) is 3. The van der Waals surface area contributed by atoms with Gasteiger partial charge in [0.05, 0.1) is 21.3 Å². The summed E-state index contributed by atoms with van der Waals surface area (Å²) in [5.74, 6) is 0.575. The highest BCUT2D eigenvalue weighted by Crippen LogP contribution is 2.38. The van der Waals surface area contributed by atoms with Crippen molar-refractivity contribution in [2.45, 2.75) is 0 Å². The Balaban J connectivity index is 2.36. The summed E-state index contributed by atoms with van der Waals surface area (Å²) in [6, 6.07) is 7.72. The third-order valence-corrected chi connectivity index (χ3v) is 3.13. The largest absolute Gasteiger partial charge is 0.505 e. The Hall–Kier alpha value is -2.69. The van der Waals surface area contributed by atoms with Crippen molar-refractivity contribution in [2.75, 3.05) is 21.3 Å². The van der Waals surface area contributed by atoms with Gasteiger partial charge in [0.1, 0.15) is 0 Å². The van der Waals surface area contributed by atoms with Gasteiger partial charge in [0.15, 0.2) is 23.1 Å². The first-order valence-electron chi connectivity index (χ1n) is 6.55. The number of phenolic OH excluding ortho intramolecular Hbond substituents is 1. The lowest BCUT2D eigenvalue weighted by atomic mass is 10.1. The van der Waals surface area contributed by atoms with Crippen LogP contribution in [0.25, 0.3) is 12.2 Å². The average molecular weight is 304 g/mol. The van der Waals surface area contributed by atoms with E-state index >= 15 is 0 Å². The topological polar surface area (TPSA) is 47.9 Å². The van der Waals surface area contributed by atoms with E-state index in [1.54, 1.807) is 44.6 Å². The van der Waals surface area contributed by atoms with Crippen LogP contribution in [0.5, 0.6) is 23.0 Å². The predicted molar refractivity (Wildman–Crippen MR) is 83.1 cm³/mol. The van der Waals surface area contributed by atoms with Crippen LogP contribution in [-0.2, 0) is 0 Å². The Kier molecular flexibility index (Phi) is 4.88. The van der Waals surface area contributed by atoms with E-state index in [0.717, 1.165) is 5.56 Å². The zero-order chi connectivity index (χ0) is 16.1. The fourth-order valence-electron chi connectivity index (χ4n) is 2.02. The van der Waals surface area contributed by atoms with Gasteiger partial charge in [-0.3, -0.25) is 0 Å². The molecule has 22 heavy (non-hydrogen) atoms. The minimum absolute atomic E-state index is 0.382. The van der Waals surface area contributed by atoms with Gasteiger partial charge in [-0.2, -0.15) is 0 Å². The van der Waals surface area contributed by atoms with Crippen LogP contribution in [0.1, 0.15) is 11.1 Å². The van der Waals surface area contributed by atoms with Gasteiger partial charge in [-0.1, -0.05) is 18.2 Å². The van der Waals surface area contributed by atoms with Gasteiger partial charge >= 0.3 is 0 Å². The molecule has 2 aromatic rings. The molecule has 0 aliphatic carbocycles. The van der Waals surface area contributed by atoms with Crippen LogP contribution in [-0.4, -0.2) is 26.4 Å². The van der Waals surface area contributed by atoms with Crippen molar-refractivity contribution in [3.8, 4) is 23.0 Å². The van der Waals surface area contributed by atoms with Gasteiger partial charge in [-0.25, -0.2) is 4.39 Å². The lowest BCUT2D eigenvalue weighted by Gasteiger charge is -2.12. The van der Waals surface area contributed by atoms with Crippen LogP contribution in [0.15, 0.2) is 30.3 Å². The Labute approximate surface area is 128 Å². The molecule has 2 aromatic carbocycles. The molecule has 0 aromatic heterocycles. The zero-order valence-electron chi connectivity index (χ0n) is 12.6. The first-order chi connectivity index (χ1) is 10.6. The number of methoxy groups -OCH3 is 3. The monoisotopic (exact) mass is 304 g/mol. The number of rotatable bonds is 5. The van der Waals surface area contributed by atoms with Crippen LogP contribution in [0, 0.1) is 5.82 Å². The molecule has 0 saturated carbocycles. The van der Waals surface area contributed by atoms with Gasteiger partial charge in [-0.05, 0) is 35.4 Å². The van der Waals surface area contributed by atoms with Crippen LogP contribution in [0.2, 0.25) is 0 Å². The van der Waals surface area contributed by atoms with Crippen LogP contribution >= 0.6 is 0 Å². The van der Waals surface area contributed by atoms with E-state index in [4.69, 9.17) is 14.2 Å². The average Bonchev–Trinajstić information content (AvgIpc) is 2.54. The first-order valence-corrected chi connectivity index (χ1v) is 6.55. The number of hydrogen-bond donors (Lipinski definition) is 1. The lowest BCUT2D eigenvalue weighted by Crippen LogP contribution is -1.95. The van der Waals surface area contributed by atoms with E-state index in [2.05, 4.69) is 0 Å². The summed E-state index contributed by atoms with van der Waals surface area (Å²) in [6.45, 7) is 0. The minimum atomic E-state index is -0.648. The maximum absolute atomic E-state index is 13.0. The molecule has 116 valence electrons. The Morgan fingerprint density at radius 2 is 1.45 bits per heavy atom. The molecule has 2 rings (SSSR count). The Morgan fingerprint density at radius 1 is 0.864 bits per heavy atom. The van der Waals surface area contributed by atoms with E-state index < -0.39 is 5.82 Å². The summed E-state index contributed by atoms with van der Waals surface area (Å²) in [7, 11) is 4.63. The third kappa shape index (κ3) is 3.31. The van der Waals surface area contributed by atoms with Crippen molar-refractivity contribution in [2.24, 2.45) is 0 Å². The molecule has 0 bridgehead atoms. The molecule has 0 saturated heterocycles. The molecule has 0 unspecified atom stereocenters.